The number of carboxylic acid groups (broad SMARTS) is 1. The molecule has 0 saturated carbocycles. The van der Waals surface area contributed by atoms with E-state index in [0.29, 0.717) is 12.8 Å². The fraction of sp³-hybridized carbons (Fsp3) is 0.200. The van der Waals surface area contributed by atoms with Gasteiger partial charge in [0.1, 0.15) is 6.04 Å². The average molecular weight is 333 g/mol. The van der Waals surface area contributed by atoms with Crippen molar-refractivity contribution in [3.63, 3.8) is 0 Å². The molecule has 0 fully saturated rings. The number of rotatable bonds is 5. The van der Waals surface area contributed by atoms with Gasteiger partial charge in [-0.25, -0.2) is 0 Å². The number of H-pyrrole nitrogens is 1. The first-order valence-electron chi connectivity index (χ1n) is 8.27. The molecule has 0 spiro atoms. The molecule has 1 aliphatic heterocycles. The summed E-state index contributed by atoms with van der Waals surface area (Å²) in [7, 11) is 0. The van der Waals surface area contributed by atoms with E-state index in [4.69, 9.17) is 5.73 Å². The third-order valence-corrected chi connectivity index (χ3v) is 4.88. The minimum atomic E-state index is -0.992. The van der Waals surface area contributed by atoms with E-state index in [0.717, 1.165) is 27.8 Å². The van der Waals surface area contributed by atoms with E-state index in [9.17, 15) is 9.90 Å². The molecule has 25 heavy (non-hydrogen) atoms. The third kappa shape index (κ3) is 2.72. The van der Waals surface area contributed by atoms with E-state index < -0.39 is 17.4 Å². The predicted molar refractivity (Wildman–Crippen MR) is 98.5 cm³/mol. The smallest absolute Gasteiger partial charge is 0.320 e. The molecule has 1 aliphatic rings. The fourth-order valence-corrected chi connectivity index (χ4v) is 3.69. The number of nitrogens with one attached hydrogen (secondary N) is 1. The first-order chi connectivity index (χ1) is 12.1. The minimum Gasteiger partial charge on any atom is -0.480 e. The maximum absolute atomic E-state index is 11.4. The first kappa shape index (κ1) is 15.6. The predicted octanol–water partition coefficient (Wildman–Crippen LogP) is 3.17. The molecule has 4 rings (SSSR count). The van der Waals surface area contributed by atoms with Crippen LogP contribution in [0.15, 0.2) is 59.6 Å². The van der Waals surface area contributed by atoms with Crippen molar-refractivity contribution in [2.24, 2.45) is 10.7 Å². The molecule has 2 aromatic carbocycles. The highest BCUT2D eigenvalue weighted by Crippen LogP contribution is 2.42. The van der Waals surface area contributed by atoms with Crippen molar-refractivity contribution in [1.82, 2.24) is 4.98 Å². The minimum absolute atomic E-state index is 0.304. The highest BCUT2D eigenvalue weighted by Gasteiger charge is 2.39. The van der Waals surface area contributed by atoms with Gasteiger partial charge in [-0.1, -0.05) is 36.4 Å². The number of aromatic amines is 1. The molecule has 0 bridgehead atoms. The van der Waals surface area contributed by atoms with E-state index >= 15 is 0 Å². The number of carboxylic acids is 1. The molecule has 2 heterocycles. The van der Waals surface area contributed by atoms with E-state index in [-0.39, 0.29) is 0 Å². The number of aromatic nitrogens is 1. The number of hydrogen-bond acceptors (Lipinski definition) is 3. The van der Waals surface area contributed by atoms with Crippen molar-refractivity contribution in [2.45, 2.75) is 24.3 Å². The van der Waals surface area contributed by atoms with Gasteiger partial charge in [-0.05, 0) is 35.6 Å². The number of aliphatic carboxylic acids is 1. The van der Waals surface area contributed by atoms with Crippen LogP contribution in [0.2, 0.25) is 0 Å². The summed E-state index contributed by atoms with van der Waals surface area (Å²) in [5, 5.41) is 10.4. The summed E-state index contributed by atoms with van der Waals surface area (Å²) < 4.78 is 0. The van der Waals surface area contributed by atoms with Crippen LogP contribution < -0.4 is 5.73 Å². The second kappa shape index (κ2) is 5.86. The lowest BCUT2D eigenvalue weighted by molar-refractivity contribution is -0.138. The molecule has 5 heteroatoms. The average Bonchev–Trinajstić information content (AvgIpc) is 3.17. The normalized spacial score (nSPS) is 19.9. The zero-order valence-electron chi connectivity index (χ0n) is 13.6. The Hall–Kier alpha value is -2.92. The van der Waals surface area contributed by atoms with Crippen LogP contribution in [0.25, 0.3) is 10.9 Å². The van der Waals surface area contributed by atoms with Gasteiger partial charge in [0.2, 0.25) is 0 Å². The van der Waals surface area contributed by atoms with Gasteiger partial charge in [0.25, 0.3) is 0 Å². The second-order valence-corrected chi connectivity index (χ2v) is 6.64. The molecule has 0 aliphatic carbocycles. The Bertz CT molecular complexity index is 943. The van der Waals surface area contributed by atoms with Crippen molar-refractivity contribution in [1.29, 1.82) is 0 Å². The van der Waals surface area contributed by atoms with Crippen molar-refractivity contribution in [3.05, 3.63) is 65.9 Å². The topological polar surface area (TPSA) is 91.5 Å². The van der Waals surface area contributed by atoms with Crippen LogP contribution >= 0.6 is 0 Å². The Labute approximate surface area is 145 Å². The molecule has 5 nitrogen and oxygen atoms in total. The second-order valence-electron chi connectivity index (χ2n) is 6.64. The first-order valence-corrected chi connectivity index (χ1v) is 8.27. The molecule has 2 atom stereocenters. The Morgan fingerprint density at radius 2 is 1.96 bits per heavy atom. The molecule has 1 unspecified atom stereocenters. The molecule has 1 aromatic heterocycles. The lowest BCUT2D eigenvalue weighted by Gasteiger charge is -2.29. The summed E-state index contributed by atoms with van der Waals surface area (Å²) in [4.78, 5) is 19.3. The number of carbonyl (C=O) groups is 1. The van der Waals surface area contributed by atoms with Crippen LogP contribution in [0.4, 0.5) is 5.69 Å². The Balaban J connectivity index is 1.76. The van der Waals surface area contributed by atoms with E-state index in [1.54, 1.807) is 0 Å². The summed E-state index contributed by atoms with van der Waals surface area (Å²) in [5.41, 5.74) is 9.41. The quantitative estimate of drug-likeness (QED) is 0.670. The molecular formula is C20H19N3O2. The van der Waals surface area contributed by atoms with Gasteiger partial charge in [0.05, 0.1) is 5.69 Å². The lowest BCUT2D eigenvalue weighted by atomic mass is 9.74. The van der Waals surface area contributed by atoms with Crippen molar-refractivity contribution in [3.8, 4) is 0 Å². The van der Waals surface area contributed by atoms with Gasteiger partial charge in [0, 0.05) is 29.3 Å². The fourth-order valence-electron chi connectivity index (χ4n) is 3.69. The number of nitrogens with two attached hydrogens (primary N) is 1. The molecule has 126 valence electrons. The van der Waals surface area contributed by atoms with Gasteiger partial charge in [-0.3, -0.25) is 9.79 Å². The molecule has 4 N–H and O–H groups in total. The van der Waals surface area contributed by atoms with Gasteiger partial charge < -0.3 is 15.8 Å². The summed E-state index contributed by atoms with van der Waals surface area (Å²) >= 11 is 0. The Kier molecular flexibility index (Phi) is 3.66. The van der Waals surface area contributed by atoms with Crippen LogP contribution in [-0.4, -0.2) is 28.3 Å². The molecule has 0 amide bonds. The summed E-state index contributed by atoms with van der Waals surface area (Å²) in [5.74, 6) is -0.992. The molecule has 0 saturated heterocycles. The standard InChI is InChI=1S/C20H19N3O2/c21-16(19(24)25)11-20(12-22-18-8-4-2-6-15(18)20)10-14-9-13-5-1-3-7-17(13)23-14/h1-9,12,16,23H,10-11,21H2,(H,24,25)/t16-,20?/m0/s1. The van der Waals surface area contributed by atoms with Crippen LogP contribution in [0.5, 0.6) is 0 Å². The summed E-state index contributed by atoms with van der Waals surface area (Å²) in [6, 6.07) is 17.1. The number of aliphatic imine (C=N–C) groups is 1. The third-order valence-electron chi connectivity index (χ3n) is 4.88. The van der Waals surface area contributed by atoms with Crippen LogP contribution in [0, 0.1) is 0 Å². The molecular weight excluding hydrogens is 314 g/mol. The molecule has 0 radical (unpaired) electrons. The van der Waals surface area contributed by atoms with Gasteiger partial charge in [-0.2, -0.15) is 0 Å². The van der Waals surface area contributed by atoms with Gasteiger partial charge >= 0.3 is 5.97 Å². The van der Waals surface area contributed by atoms with E-state index in [1.165, 1.54) is 0 Å². The SMILES string of the molecule is N[C@@H](CC1(Cc2cc3ccccc3[nH]2)C=Nc2ccccc21)C(=O)O. The number of fused-ring (bicyclic) bond motifs is 2. The van der Waals surface area contributed by atoms with Crippen molar-refractivity contribution >= 4 is 28.8 Å². The summed E-state index contributed by atoms with van der Waals surface area (Å²) in [6.45, 7) is 0. The van der Waals surface area contributed by atoms with Crippen LogP contribution in [0.1, 0.15) is 17.7 Å². The Morgan fingerprint density at radius 3 is 2.76 bits per heavy atom. The van der Waals surface area contributed by atoms with Gasteiger partial charge in [-0.15, -0.1) is 0 Å². The monoisotopic (exact) mass is 333 g/mol. The largest absolute Gasteiger partial charge is 0.480 e. The van der Waals surface area contributed by atoms with Crippen LogP contribution in [0.3, 0.4) is 0 Å². The Morgan fingerprint density at radius 1 is 1.20 bits per heavy atom. The van der Waals surface area contributed by atoms with E-state index in [1.807, 2.05) is 48.7 Å². The van der Waals surface area contributed by atoms with Gasteiger partial charge in [0.15, 0.2) is 0 Å². The highest BCUT2D eigenvalue weighted by atomic mass is 16.4. The zero-order chi connectivity index (χ0) is 17.4. The number of para-hydroxylation sites is 2. The zero-order valence-corrected chi connectivity index (χ0v) is 13.6. The highest BCUT2D eigenvalue weighted by molar-refractivity contribution is 5.87. The maximum Gasteiger partial charge on any atom is 0.320 e. The number of nitrogens with zero attached hydrogens (tertiary/aromatic N) is 1. The number of hydrogen-bond donors (Lipinski definition) is 3. The number of benzene rings is 2. The van der Waals surface area contributed by atoms with Crippen LogP contribution in [-0.2, 0) is 16.6 Å². The van der Waals surface area contributed by atoms with Crippen molar-refractivity contribution < 1.29 is 9.90 Å². The maximum atomic E-state index is 11.4. The molecule has 3 aromatic rings. The lowest BCUT2D eigenvalue weighted by Crippen LogP contribution is -2.41. The summed E-state index contributed by atoms with van der Waals surface area (Å²) in [6.07, 6.45) is 2.80. The van der Waals surface area contributed by atoms with Crippen molar-refractivity contribution in [2.75, 3.05) is 0 Å². The van der Waals surface area contributed by atoms with E-state index in [2.05, 4.69) is 22.1 Å².